The van der Waals surface area contributed by atoms with E-state index < -0.39 is 0 Å². The van der Waals surface area contributed by atoms with Crippen molar-refractivity contribution < 1.29 is 0 Å². The monoisotopic (exact) mass is 352 g/mol. The molecule has 0 N–H and O–H groups in total. The Hall–Kier alpha value is -1.56. The summed E-state index contributed by atoms with van der Waals surface area (Å²) in [5.41, 5.74) is 8.85. The predicted molar refractivity (Wildman–Crippen MR) is 119 cm³/mol. The minimum atomic E-state index is 0.726. The molecular formula is C26H40. The summed E-state index contributed by atoms with van der Waals surface area (Å²) < 4.78 is 0. The molecule has 0 bridgehead atoms. The van der Waals surface area contributed by atoms with Crippen LogP contribution in [0.5, 0.6) is 0 Å². The molecule has 144 valence electrons. The van der Waals surface area contributed by atoms with Gasteiger partial charge >= 0.3 is 0 Å². The molecule has 0 spiro atoms. The van der Waals surface area contributed by atoms with Crippen LogP contribution in [0, 0.1) is 11.8 Å². The zero-order valence-electron chi connectivity index (χ0n) is 18.4. The van der Waals surface area contributed by atoms with Crippen LogP contribution in [0.1, 0.15) is 81.1 Å². The fourth-order valence-corrected chi connectivity index (χ4v) is 3.32. The van der Waals surface area contributed by atoms with Crippen LogP contribution in [-0.2, 0) is 0 Å². The van der Waals surface area contributed by atoms with E-state index in [4.69, 9.17) is 0 Å². The predicted octanol–water partition coefficient (Wildman–Crippen LogP) is 8.51. The zero-order valence-corrected chi connectivity index (χ0v) is 18.4. The Kier molecular flexibility index (Phi) is 9.70. The van der Waals surface area contributed by atoms with Crippen molar-refractivity contribution in [3.63, 3.8) is 0 Å². The summed E-state index contributed by atoms with van der Waals surface area (Å²) in [7, 11) is 0. The molecule has 2 unspecified atom stereocenters. The molecule has 0 saturated heterocycles. The van der Waals surface area contributed by atoms with Crippen LogP contribution in [0.3, 0.4) is 0 Å². The number of hydrogen-bond acceptors (Lipinski definition) is 0. The number of hydrogen-bond donors (Lipinski definition) is 0. The fourth-order valence-electron chi connectivity index (χ4n) is 3.32. The first kappa shape index (κ1) is 22.5. The molecule has 0 aromatic carbocycles. The van der Waals surface area contributed by atoms with Gasteiger partial charge in [0.25, 0.3) is 0 Å². The van der Waals surface area contributed by atoms with Crippen LogP contribution in [0.15, 0.2) is 69.9 Å². The number of allylic oxidation sites excluding steroid dienone is 12. The van der Waals surface area contributed by atoms with Gasteiger partial charge in [-0.25, -0.2) is 0 Å². The van der Waals surface area contributed by atoms with Crippen molar-refractivity contribution in [2.45, 2.75) is 81.1 Å². The molecule has 0 aliphatic heterocycles. The van der Waals surface area contributed by atoms with E-state index in [1.165, 1.54) is 52.7 Å². The highest BCUT2D eigenvalue weighted by Crippen LogP contribution is 2.26. The van der Waals surface area contributed by atoms with Gasteiger partial charge in [-0.2, -0.15) is 0 Å². The third-order valence-electron chi connectivity index (χ3n) is 5.66. The highest BCUT2D eigenvalue weighted by atomic mass is 14.2. The first-order chi connectivity index (χ1) is 12.2. The van der Waals surface area contributed by atoms with E-state index in [0.717, 1.165) is 18.3 Å². The van der Waals surface area contributed by atoms with E-state index in [1.807, 2.05) is 0 Å². The van der Waals surface area contributed by atoms with Crippen LogP contribution in [-0.4, -0.2) is 0 Å². The molecule has 3 aliphatic carbocycles. The lowest BCUT2D eigenvalue weighted by Gasteiger charge is -2.20. The van der Waals surface area contributed by atoms with Crippen LogP contribution in [0.25, 0.3) is 0 Å². The average Bonchev–Trinajstić information content (AvgIpc) is 2.57. The molecular weight excluding hydrogens is 312 g/mol. The van der Waals surface area contributed by atoms with E-state index in [-0.39, 0.29) is 0 Å². The fraction of sp³-hybridized carbons (Fsp3) is 0.538. The van der Waals surface area contributed by atoms with Crippen LogP contribution >= 0.6 is 0 Å². The van der Waals surface area contributed by atoms with Gasteiger partial charge in [-0.05, 0) is 79.1 Å². The summed E-state index contributed by atoms with van der Waals surface area (Å²) in [6.45, 7) is 17.7. The van der Waals surface area contributed by atoms with E-state index >= 15 is 0 Å². The van der Waals surface area contributed by atoms with E-state index in [9.17, 15) is 0 Å². The minimum absolute atomic E-state index is 0.726. The van der Waals surface area contributed by atoms with E-state index in [1.54, 1.807) is 0 Å². The summed E-state index contributed by atoms with van der Waals surface area (Å²) in [5.74, 6) is 1.45. The molecule has 0 amide bonds. The van der Waals surface area contributed by atoms with Crippen molar-refractivity contribution >= 4 is 0 Å². The van der Waals surface area contributed by atoms with Crippen LogP contribution in [0.2, 0.25) is 0 Å². The topological polar surface area (TPSA) is 0 Å². The minimum Gasteiger partial charge on any atom is -0.0815 e. The second kappa shape index (κ2) is 11.2. The maximum atomic E-state index is 2.36. The molecule has 0 aromatic heterocycles. The van der Waals surface area contributed by atoms with Gasteiger partial charge in [-0.3, -0.25) is 0 Å². The summed E-state index contributed by atoms with van der Waals surface area (Å²) in [5, 5.41) is 0. The Morgan fingerprint density at radius 2 is 0.962 bits per heavy atom. The molecule has 0 heteroatoms. The Bertz CT molecular complexity index is 588. The molecule has 0 saturated carbocycles. The van der Waals surface area contributed by atoms with E-state index in [2.05, 4.69) is 91.8 Å². The summed E-state index contributed by atoms with van der Waals surface area (Å²) in [4.78, 5) is 0. The van der Waals surface area contributed by atoms with Crippen molar-refractivity contribution in [2.75, 3.05) is 0 Å². The van der Waals surface area contributed by atoms with Crippen molar-refractivity contribution in [1.82, 2.24) is 0 Å². The Labute approximate surface area is 163 Å². The third-order valence-corrected chi connectivity index (χ3v) is 5.66. The van der Waals surface area contributed by atoms with Gasteiger partial charge in [0.15, 0.2) is 0 Å². The molecule has 0 nitrogen and oxygen atoms in total. The van der Waals surface area contributed by atoms with Gasteiger partial charge in [-0.15, -0.1) is 0 Å². The van der Waals surface area contributed by atoms with Gasteiger partial charge in [0.2, 0.25) is 0 Å². The smallest absolute Gasteiger partial charge is 0.0114 e. The van der Waals surface area contributed by atoms with Crippen LogP contribution in [0.4, 0.5) is 0 Å². The Morgan fingerprint density at radius 3 is 1.23 bits per heavy atom. The third kappa shape index (κ3) is 8.21. The quantitative estimate of drug-likeness (QED) is 0.383. The maximum absolute atomic E-state index is 2.36. The van der Waals surface area contributed by atoms with Gasteiger partial charge in [0.05, 0.1) is 0 Å². The molecule has 0 fully saturated rings. The van der Waals surface area contributed by atoms with Crippen molar-refractivity contribution in [3.8, 4) is 0 Å². The summed E-state index contributed by atoms with van der Waals surface area (Å²) in [6, 6.07) is 0. The van der Waals surface area contributed by atoms with Gasteiger partial charge in [0.1, 0.15) is 0 Å². The highest BCUT2D eigenvalue weighted by molar-refractivity contribution is 5.32. The van der Waals surface area contributed by atoms with E-state index in [0.29, 0.717) is 0 Å². The molecule has 3 aliphatic rings. The highest BCUT2D eigenvalue weighted by Gasteiger charge is 2.12. The lowest BCUT2D eigenvalue weighted by Crippen LogP contribution is -2.08. The first-order valence-corrected chi connectivity index (χ1v) is 10.2. The normalized spacial score (nSPS) is 24.9. The number of rotatable bonds is 0. The van der Waals surface area contributed by atoms with Gasteiger partial charge in [-0.1, -0.05) is 83.7 Å². The van der Waals surface area contributed by atoms with Gasteiger partial charge in [0, 0.05) is 0 Å². The molecule has 3 rings (SSSR count). The summed E-state index contributed by atoms with van der Waals surface area (Å²) in [6.07, 6.45) is 18.7. The lowest BCUT2D eigenvalue weighted by atomic mass is 9.85. The van der Waals surface area contributed by atoms with Gasteiger partial charge < -0.3 is 0 Å². The second-order valence-corrected chi connectivity index (χ2v) is 8.28. The Balaban J connectivity index is 0.000000197. The zero-order chi connectivity index (χ0) is 19.7. The molecule has 0 heterocycles. The largest absolute Gasteiger partial charge is 0.0815 e. The van der Waals surface area contributed by atoms with Crippen molar-refractivity contribution in [2.24, 2.45) is 11.8 Å². The molecule has 0 radical (unpaired) electrons. The van der Waals surface area contributed by atoms with Crippen molar-refractivity contribution in [3.05, 3.63) is 69.9 Å². The standard InChI is InChI=1S/C10H16.2C8H12/c1-7-5-9(3)10(4)6-8(7)2;1-7-4-3-5-8(2)6-7;1-7-5-3-4-6-8(7)2/h5-8H,1-4H3;4-5H,3,6H2,1-2H3;5-6H,3-4H2,1-2H3. The first-order valence-electron chi connectivity index (χ1n) is 10.2. The van der Waals surface area contributed by atoms with Crippen molar-refractivity contribution in [1.29, 1.82) is 0 Å². The average molecular weight is 353 g/mol. The molecule has 26 heavy (non-hydrogen) atoms. The lowest BCUT2D eigenvalue weighted by molar-refractivity contribution is 0.544. The Morgan fingerprint density at radius 1 is 0.577 bits per heavy atom. The summed E-state index contributed by atoms with van der Waals surface area (Å²) >= 11 is 0. The molecule has 0 aromatic rings. The molecule has 2 atom stereocenters. The second-order valence-electron chi connectivity index (χ2n) is 8.28. The maximum Gasteiger partial charge on any atom is -0.0114 e. The SMILES string of the molecule is CC1=CC(C)C(C)C=C1C.CC1=CCC=C(C)C1.CC1=CCCC=C1C. The van der Waals surface area contributed by atoms with Crippen LogP contribution < -0.4 is 0 Å².